The Bertz CT molecular complexity index is 297. The number of carbonyl (C=O) groups excluding carboxylic acids is 1. The maximum Gasteiger partial charge on any atom is 0.409 e. The Morgan fingerprint density at radius 3 is 2.59 bits per heavy atom. The molecule has 1 unspecified atom stereocenters. The van der Waals surface area contributed by atoms with Gasteiger partial charge in [-0.3, -0.25) is 4.79 Å². The van der Waals surface area contributed by atoms with Crippen LogP contribution in [0.2, 0.25) is 0 Å². The van der Waals surface area contributed by atoms with Crippen molar-refractivity contribution in [1.82, 2.24) is 4.90 Å². The molecule has 0 spiro atoms. The smallest absolute Gasteiger partial charge is 0.339 e. The van der Waals surface area contributed by atoms with Crippen LogP contribution in [0.1, 0.15) is 26.7 Å². The minimum atomic E-state index is -4.41. The summed E-state index contributed by atoms with van der Waals surface area (Å²) in [6, 6.07) is 0. The summed E-state index contributed by atoms with van der Waals surface area (Å²) in [5.74, 6) is 0.317. The van der Waals surface area contributed by atoms with Crippen LogP contribution in [0.4, 0.5) is 13.2 Å². The number of nitrogens with zero attached hydrogens (tertiary/aromatic N) is 1. The van der Waals surface area contributed by atoms with Gasteiger partial charge in [0.15, 0.2) is 0 Å². The van der Waals surface area contributed by atoms with Crippen LogP contribution in [-0.4, -0.2) is 30.1 Å². The first-order valence-corrected chi connectivity index (χ1v) is 5.84. The van der Waals surface area contributed by atoms with Crippen LogP contribution in [0.5, 0.6) is 0 Å². The largest absolute Gasteiger partial charge is 0.409 e. The van der Waals surface area contributed by atoms with Crippen molar-refractivity contribution in [2.75, 3.05) is 13.1 Å². The van der Waals surface area contributed by atoms with Crippen LogP contribution in [0.3, 0.4) is 0 Å². The fraction of sp³-hybridized carbons (Fsp3) is 0.750. The van der Waals surface area contributed by atoms with E-state index in [0.717, 1.165) is 12.8 Å². The number of hydrogen-bond donors (Lipinski definition) is 0. The van der Waals surface area contributed by atoms with Crippen LogP contribution in [-0.2, 0) is 4.79 Å². The summed E-state index contributed by atoms with van der Waals surface area (Å²) in [5, 5.41) is 0. The highest BCUT2D eigenvalue weighted by molar-refractivity contribution is 5.87. The van der Waals surface area contributed by atoms with Crippen molar-refractivity contribution in [2.24, 2.45) is 11.8 Å². The molecule has 0 radical (unpaired) electrons. The molecule has 1 amide bonds. The fourth-order valence-electron chi connectivity index (χ4n) is 2.03. The molecule has 1 rings (SSSR count). The number of allylic oxidation sites excluding steroid dienone is 1. The lowest BCUT2D eigenvalue weighted by molar-refractivity contribution is -0.128. The highest BCUT2D eigenvalue weighted by atomic mass is 19.4. The predicted molar refractivity (Wildman–Crippen MR) is 59.3 cm³/mol. The van der Waals surface area contributed by atoms with Crippen LogP contribution >= 0.6 is 0 Å². The Kier molecular flexibility index (Phi) is 4.60. The minimum Gasteiger partial charge on any atom is -0.339 e. The van der Waals surface area contributed by atoms with Crippen molar-refractivity contribution >= 4 is 5.91 Å². The molecule has 1 aliphatic heterocycles. The van der Waals surface area contributed by atoms with Gasteiger partial charge >= 0.3 is 6.18 Å². The van der Waals surface area contributed by atoms with E-state index in [1.54, 1.807) is 0 Å². The Morgan fingerprint density at radius 2 is 2.06 bits per heavy atom. The molecule has 0 N–H and O–H groups in total. The van der Waals surface area contributed by atoms with E-state index in [9.17, 15) is 18.0 Å². The van der Waals surface area contributed by atoms with Crippen LogP contribution in [0.25, 0.3) is 0 Å². The van der Waals surface area contributed by atoms with Crippen molar-refractivity contribution in [1.29, 1.82) is 0 Å². The molecule has 2 nitrogen and oxygen atoms in total. The quantitative estimate of drug-likeness (QED) is 0.689. The average molecular weight is 249 g/mol. The van der Waals surface area contributed by atoms with E-state index in [0.29, 0.717) is 31.0 Å². The molecule has 1 heterocycles. The molecular formula is C12H18F3NO. The summed E-state index contributed by atoms with van der Waals surface area (Å²) in [5.41, 5.74) is 0. The fourth-order valence-corrected chi connectivity index (χ4v) is 2.03. The third-order valence-corrected chi connectivity index (χ3v) is 3.13. The van der Waals surface area contributed by atoms with Gasteiger partial charge in [-0.15, -0.1) is 0 Å². The Hall–Kier alpha value is -1.00. The first-order valence-electron chi connectivity index (χ1n) is 5.84. The maximum absolute atomic E-state index is 11.9. The minimum absolute atomic E-state index is 0.00825. The van der Waals surface area contributed by atoms with Crippen LogP contribution < -0.4 is 0 Å². The molecule has 1 aliphatic rings. The second kappa shape index (κ2) is 5.56. The number of piperidine rings is 1. The second-order valence-electron chi connectivity index (χ2n) is 4.81. The summed E-state index contributed by atoms with van der Waals surface area (Å²) in [4.78, 5) is 13.1. The van der Waals surface area contributed by atoms with Gasteiger partial charge in [0, 0.05) is 25.2 Å². The van der Waals surface area contributed by atoms with E-state index in [-0.39, 0.29) is 6.08 Å². The second-order valence-corrected chi connectivity index (χ2v) is 4.81. The predicted octanol–water partition coefficient (Wildman–Crippen LogP) is 3.00. The standard InChI is InChI=1S/C12H18F3NO/c1-9(2)10-4-3-7-16(8-10)11(17)5-6-12(13,14)15/h5-6,9-10H,3-4,7-8H2,1-2H3. The summed E-state index contributed by atoms with van der Waals surface area (Å²) in [6.45, 7) is 5.28. The third kappa shape index (κ3) is 4.79. The summed E-state index contributed by atoms with van der Waals surface area (Å²) < 4.78 is 35.8. The van der Waals surface area contributed by atoms with Crippen molar-refractivity contribution in [3.05, 3.63) is 12.2 Å². The van der Waals surface area contributed by atoms with Gasteiger partial charge in [-0.2, -0.15) is 13.2 Å². The van der Waals surface area contributed by atoms with Gasteiger partial charge in [-0.25, -0.2) is 0 Å². The third-order valence-electron chi connectivity index (χ3n) is 3.13. The lowest BCUT2D eigenvalue weighted by atomic mass is 9.88. The van der Waals surface area contributed by atoms with Gasteiger partial charge in [0.1, 0.15) is 0 Å². The number of rotatable bonds is 2. The first kappa shape index (κ1) is 14.1. The molecule has 0 aliphatic carbocycles. The topological polar surface area (TPSA) is 20.3 Å². The van der Waals surface area contributed by atoms with Crippen molar-refractivity contribution in [3.8, 4) is 0 Å². The molecule has 17 heavy (non-hydrogen) atoms. The number of carbonyl (C=O) groups is 1. The summed E-state index contributed by atoms with van der Waals surface area (Å²) in [7, 11) is 0. The molecule has 1 atom stereocenters. The highest BCUT2D eigenvalue weighted by Gasteiger charge is 2.26. The maximum atomic E-state index is 11.9. The van der Waals surface area contributed by atoms with Gasteiger partial charge < -0.3 is 4.90 Å². The zero-order chi connectivity index (χ0) is 13.1. The molecule has 0 bridgehead atoms. The highest BCUT2D eigenvalue weighted by Crippen LogP contribution is 2.24. The van der Waals surface area contributed by atoms with Gasteiger partial charge in [0.05, 0.1) is 0 Å². The molecule has 0 aromatic heterocycles. The SMILES string of the molecule is CC(C)C1CCCN(C(=O)C=CC(F)(F)F)C1. The molecular weight excluding hydrogens is 231 g/mol. The van der Waals surface area contributed by atoms with E-state index in [1.165, 1.54) is 4.90 Å². The monoisotopic (exact) mass is 249 g/mol. The lowest BCUT2D eigenvalue weighted by Gasteiger charge is -2.34. The van der Waals surface area contributed by atoms with E-state index in [2.05, 4.69) is 13.8 Å². The Morgan fingerprint density at radius 1 is 1.41 bits per heavy atom. The summed E-state index contributed by atoms with van der Waals surface area (Å²) >= 11 is 0. The summed E-state index contributed by atoms with van der Waals surface area (Å²) in [6.07, 6.45) is -1.86. The van der Waals surface area contributed by atoms with Crippen LogP contribution in [0, 0.1) is 11.8 Å². The number of amides is 1. The van der Waals surface area contributed by atoms with E-state index in [1.807, 2.05) is 0 Å². The van der Waals surface area contributed by atoms with Gasteiger partial charge in [0.25, 0.3) is 0 Å². The Labute approximate surface area is 99.5 Å². The van der Waals surface area contributed by atoms with Crippen molar-refractivity contribution < 1.29 is 18.0 Å². The number of halogens is 3. The van der Waals surface area contributed by atoms with Crippen molar-refractivity contribution in [2.45, 2.75) is 32.9 Å². The molecule has 0 aromatic rings. The molecule has 1 fully saturated rings. The zero-order valence-electron chi connectivity index (χ0n) is 10.1. The zero-order valence-corrected chi connectivity index (χ0v) is 10.1. The van der Waals surface area contributed by atoms with E-state index < -0.39 is 12.1 Å². The van der Waals surface area contributed by atoms with Crippen LogP contribution in [0.15, 0.2) is 12.2 Å². The molecule has 98 valence electrons. The molecule has 1 saturated heterocycles. The van der Waals surface area contributed by atoms with Gasteiger partial charge in [-0.1, -0.05) is 13.8 Å². The van der Waals surface area contributed by atoms with Gasteiger partial charge in [-0.05, 0) is 24.7 Å². The Balaban J connectivity index is 2.55. The normalized spacial score (nSPS) is 22.5. The average Bonchev–Trinajstić information content (AvgIpc) is 2.25. The molecule has 5 heteroatoms. The van der Waals surface area contributed by atoms with E-state index in [4.69, 9.17) is 0 Å². The van der Waals surface area contributed by atoms with Crippen molar-refractivity contribution in [3.63, 3.8) is 0 Å². The number of likely N-dealkylation sites (tertiary alicyclic amines) is 1. The number of alkyl halides is 3. The molecule has 0 aromatic carbocycles. The van der Waals surface area contributed by atoms with Gasteiger partial charge in [0.2, 0.25) is 5.91 Å². The van der Waals surface area contributed by atoms with E-state index >= 15 is 0 Å². The molecule has 0 saturated carbocycles. The first-order chi connectivity index (χ1) is 7.79. The number of hydrogen-bond acceptors (Lipinski definition) is 1. The lowest BCUT2D eigenvalue weighted by Crippen LogP contribution is -2.40.